The van der Waals surface area contributed by atoms with Gasteiger partial charge in [-0.2, -0.15) is 0 Å². The van der Waals surface area contributed by atoms with E-state index in [-0.39, 0.29) is 24.5 Å². The summed E-state index contributed by atoms with van der Waals surface area (Å²) < 4.78 is 5.30. The van der Waals surface area contributed by atoms with Crippen LogP contribution in [0.15, 0.2) is 24.3 Å². The van der Waals surface area contributed by atoms with Crippen LogP contribution in [0, 0.1) is 0 Å². The minimum atomic E-state index is -0.370. The summed E-state index contributed by atoms with van der Waals surface area (Å²) in [6, 6.07) is 8.18. The van der Waals surface area contributed by atoms with E-state index in [1.807, 2.05) is 12.1 Å². The number of nitrogens with zero attached hydrogens (tertiary/aromatic N) is 1. The molecule has 2 saturated heterocycles. The van der Waals surface area contributed by atoms with Crippen LogP contribution in [0.1, 0.15) is 37.2 Å². The highest BCUT2D eigenvalue weighted by atomic mass is 16.6. The summed E-state index contributed by atoms with van der Waals surface area (Å²) in [6.07, 6.45) is 2.40. The molecular weight excluding hydrogens is 294 g/mol. The largest absolute Gasteiger partial charge is 0.444 e. The Labute approximate surface area is 136 Å². The minimum absolute atomic E-state index is 0.237. The van der Waals surface area contributed by atoms with Gasteiger partial charge < -0.3 is 15.8 Å². The van der Waals surface area contributed by atoms with E-state index in [9.17, 15) is 9.59 Å². The van der Waals surface area contributed by atoms with Crippen molar-refractivity contribution in [2.75, 3.05) is 24.5 Å². The molecule has 0 aliphatic carbocycles. The normalized spacial score (nSPS) is 22.2. The zero-order valence-electron chi connectivity index (χ0n) is 13.2. The summed E-state index contributed by atoms with van der Waals surface area (Å²) in [6.45, 7) is 2.59. The van der Waals surface area contributed by atoms with E-state index in [1.165, 1.54) is 5.56 Å². The van der Waals surface area contributed by atoms with Gasteiger partial charge in [0.05, 0.1) is 6.54 Å². The summed E-state index contributed by atoms with van der Waals surface area (Å²) in [7, 11) is 0. The second-order valence-electron chi connectivity index (χ2n) is 6.24. The van der Waals surface area contributed by atoms with Crippen LogP contribution in [0.2, 0.25) is 0 Å². The molecule has 2 aliphatic rings. The van der Waals surface area contributed by atoms with E-state index in [1.54, 1.807) is 4.90 Å². The number of nitrogens with one attached hydrogen (secondary N) is 1. The van der Waals surface area contributed by atoms with Crippen LogP contribution in [0.25, 0.3) is 0 Å². The Kier molecular flexibility index (Phi) is 4.81. The maximum Gasteiger partial charge on any atom is 0.414 e. The first-order chi connectivity index (χ1) is 11.1. The van der Waals surface area contributed by atoms with E-state index >= 15 is 0 Å². The van der Waals surface area contributed by atoms with Crippen molar-refractivity contribution >= 4 is 17.7 Å². The standard InChI is InChI=1S/C17H23N3O3/c18-16(21)6-5-15-11-20(17(22)23-15)14-3-1-12(2-4-14)13-7-9-19-10-8-13/h1-4,13,15,19H,5-11H2,(H2,18,21). The predicted octanol–water partition coefficient (Wildman–Crippen LogP) is 1.74. The molecule has 2 amide bonds. The first-order valence-corrected chi connectivity index (χ1v) is 8.20. The van der Waals surface area contributed by atoms with Crippen molar-refractivity contribution in [3.05, 3.63) is 29.8 Å². The van der Waals surface area contributed by atoms with Crippen molar-refractivity contribution in [2.45, 2.75) is 37.7 Å². The van der Waals surface area contributed by atoms with Crippen LogP contribution in [-0.2, 0) is 9.53 Å². The highest BCUT2D eigenvalue weighted by Gasteiger charge is 2.32. The Bertz CT molecular complexity index is 567. The van der Waals surface area contributed by atoms with Crippen LogP contribution in [-0.4, -0.2) is 37.7 Å². The van der Waals surface area contributed by atoms with Crippen molar-refractivity contribution in [3.63, 3.8) is 0 Å². The van der Waals surface area contributed by atoms with Gasteiger partial charge in [0, 0.05) is 12.1 Å². The quantitative estimate of drug-likeness (QED) is 0.866. The van der Waals surface area contributed by atoms with Gasteiger partial charge in [-0.05, 0) is 56.0 Å². The molecule has 6 nitrogen and oxygen atoms in total. The van der Waals surface area contributed by atoms with Crippen LogP contribution < -0.4 is 16.0 Å². The Morgan fingerprint density at radius 2 is 1.96 bits per heavy atom. The number of ether oxygens (including phenoxy) is 1. The lowest BCUT2D eigenvalue weighted by atomic mass is 9.90. The average Bonchev–Trinajstić information content (AvgIpc) is 2.95. The lowest BCUT2D eigenvalue weighted by molar-refractivity contribution is -0.118. The molecule has 0 spiro atoms. The fourth-order valence-electron chi connectivity index (χ4n) is 3.27. The molecule has 0 bridgehead atoms. The Hall–Kier alpha value is -2.08. The summed E-state index contributed by atoms with van der Waals surface area (Å²) in [5, 5.41) is 3.37. The first kappa shape index (κ1) is 15.8. The highest BCUT2D eigenvalue weighted by molar-refractivity contribution is 5.89. The molecule has 0 saturated carbocycles. The maximum atomic E-state index is 12.0. The number of hydrogen-bond acceptors (Lipinski definition) is 4. The number of carbonyl (C=O) groups excluding carboxylic acids is 2. The molecule has 0 aromatic heterocycles. The van der Waals surface area contributed by atoms with Gasteiger partial charge in [0.1, 0.15) is 6.10 Å². The lowest BCUT2D eigenvalue weighted by Crippen LogP contribution is -2.27. The average molecular weight is 317 g/mol. The highest BCUT2D eigenvalue weighted by Crippen LogP contribution is 2.29. The molecule has 2 aliphatic heterocycles. The molecule has 6 heteroatoms. The van der Waals surface area contributed by atoms with Crippen molar-refractivity contribution in [1.82, 2.24) is 5.32 Å². The molecule has 2 fully saturated rings. The zero-order valence-corrected chi connectivity index (χ0v) is 13.2. The topological polar surface area (TPSA) is 84.7 Å². The monoisotopic (exact) mass is 317 g/mol. The van der Waals surface area contributed by atoms with Gasteiger partial charge in [-0.1, -0.05) is 12.1 Å². The SMILES string of the molecule is NC(=O)CCC1CN(c2ccc(C3CCNCC3)cc2)C(=O)O1. The molecule has 3 rings (SSSR count). The fourth-order valence-corrected chi connectivity index (χ4v) is 3.27. The molecule has 124 valence electrons. The van der Waals surface area contributed by atoms with E-state index < -0.39 is 0 Å². The van der Waals surface area contributed by atoms with Gasteiger partial charge in [0.25, 0.3) is 0 Å². The second kappa shape index (κ2) is 7.00. The summed E-state index contributed by atoms with van der Waals surface area (Å²) in [5.41, 5.74) is 7.31. The number of nitrogens with two attached hydrogens (primary N) is 1. The van der Waals surface area contributed by atoms with Gasteiger partial charge in [-0.3, -0.25) is 9.69 Å². The molecule has 0 radical (unpaired) electrons. The van der Waals surface area contributed by atoms with E-state index in [0.29, 0.717) is 18.9 Å². The van der Waals surface area contributed by atoms with Gasteiger partial charge in [0.2, 0.25) is 5.91 Å². The number of anilines is 1. The Morgan fingerprint density at radius 1 is 1.26 bits per heavy atom. The number of carbonyl (C=O) groups is 2. The third-order valence-electron chi connectivity index (χ3n) is 4.60. The third kappa shape index (κ3) is 3.82. The molecule has 2 heterocycles. The maximum absolute atomic E-state index is 12.0. The van der Waals surface area contributed by atoms with Gasteiger partial charge in [0.15, 0.2) is 0 Å². The number of amides is 2. The van der Waals surface area contributed by atoms with Crippen molar-refractivity contribution < 1.29 is 14.3 Å². The summed E-state index contributed by atoms with van der Waals surface area (Å²) in [4.78, 5) is 24.5. The molecule has 1 atom stereocenters. The molecule has 1 aromatic rings. The molecular formula is C17H23N3O3. The van der Waals surface area contributed by atoms with Crippen LogP contribution in [0.5, 0.6) is 0 Å². The Balaban J connectivity index is 1.62. The molecule has 23 heavy (non-hydrogen) atoms. The van der Waals surface area contributed by atoms with Crippen molar-refractivity contribution in [2.24, 2.45) is 5.73 Å². The molecule has 1 aromatic carbocycles. The summed E-state index contributed by atoms with van der Waals surface area (Å²) >= 11 is 0. The number of hydrogen-bond donors (Lipinski definition) is 2. The second-order valence-corrected chi connectivity index (χ2v) is 6.24. The van der Waals surface area contributed by atoms with Gasteiger partial charge in [-0.15, -0.1) is 0 Å². The van der Waals surface area contributed by atoms with E-state index in [2.05, 4.69) is 17.4 Å². The number of cyclic esters (lactones) is 1. The first-order valence-electron chi connectivity index (χ1n) is 8.20. The van der Waals surface area contributed by atoms with Gasteiger partial charge >= 0.3 is 6.09 Å². The van der Waals surface area contributed by atoms with E-state index in [4.69, 9.17) is 10.5 Å². The number of piperidine rings is 1. The molecule has 1 unspecified atom stereocenters. The van der Waals surface area contributed by atoms with Crippen molar-refractivity contribution in [3.8, 4) is 0 Å². The number of rotatable bonds is 5. The van der Waals surface area contributed by atoms with Crippen LogP contribution in [0.3, 0.4) is 0 Å². The lowest BCUT2D eigenvalue weighted by Gasteiger charge is -2.23. The third-order valence-corrected chi connectivity index (χ3v) is 4.60. The predicted molar refractivity (Wildman–Crippen MR) is 87.3 cm³/mol. The summed E-state index contributed by atoms with van der Waals surface area (Å²) in [5.74, 6) is 0.227. The fraction of sp³-hybridized carbons (Fsp3) is 0.529. The molecule has 3 N–H and O–H groups in total. The van der Waals surface area contributed by atoms with Crippen LogP contribution >= 0.6 is 0 Å². The van der Waals surface area contributed by atoms with Crippen LogP contribution in [0.4, 0.5) is 10.5 Å². The minimum Gasteiger partial charge on any atom is -0.444 e. The zero-order chi connectivity index (χ0) is 16.2. The Morgan fingerprint density at radius 3 is 2.61 bits per heavy atom. The number of primary amides is 1. The smallest absolute Gasteiger partial charge is 0.414 e. The van der Waals surface area contributed by atoms with Crippen molar-refractivity contribution in [1.29, 1.82) is 0 Å². The van der Waals surface area contributed by atoms with Gasteiger partial charge in [-0.25, -0.2) is 4.79 Å². The van der Waals surface area contributed by atoms with E-state index in [0.717, 1.165) is 31.6 Å². The number of benzene rings is 1.